The third-order valence-corrected chi connectivity index (χ3v) is 6.19. The lowest BCUT2D eigenvalue weighted by molar-refractivity contribution is -0.00118. The van der Waals surface area contributed by atoms with E-state index in [0.29, 0.717) is 0 Å². The van der Waals surface area contributed by atoms with E-state index >= 15 is 0 Å². The maximum Gasteiger partial charge on any atom is 0.129 e. The van der Waals surface area contributed by atoms with Crippen LogP contribution in [0.5, 0.6) is 0 Å². The molecule has 29 heavy (non-hydrogen) atoms. The van der Waals surface area contributed by atoms with E-state index in [-0.39, 0.29) is 0 Å². The number of aliphatic hydroxyl groups is 1. The van der Waals surface area contributed by atoms with Crippen LogP contribution in [0, 0.1) is 0 Å². The summed E-state index contributed by atoms with van der Waals surface area (Å²) < 4.78 is 2.16. The molecule has 1 aliphatic rings. The normalized spacial score (nSPS) is 19.4. The fourth-order valence-electron chi connectivity index (χ4n) is 4.63. The summed E-state index contributed by atoms with van der Waals surface area (Å²) in [6, 6.07) is 28.4. The summed E-state index contributed by atoms with van der Waals surface area (Å²) in [7, 11) is 0. The van der Waals surface area contributed by atoms with Crippen molar-refractivity contribution >= 4 is 0 Å². The van der Waals surface area contributed by atoms with Crippen LogP contribution >= 0.6 is 0 Å². The second-order valence-electron chi connectivity index (χ2n) is 8.31. The van der Waals surface area contributed by atoms with Crippen molar-refractivity contribution in [2.24, 2.45) is 0 Å². The van der Waals surface area contributed by atoms with Gasteiger partial charge >= 0.3 is 0 Å². The van der Waals surface area contributed by atoms with E-state index in [4.69, 9.17) is 4.98 Å². The van der Waals surface area contributed by atoms with Gasteiger partial charge in [-0.3, -0.25) is 0 Å². The summed E-state index contributed by atoms with van der Waals surface area (Å²) in [6.45, 7) is 4.17. The molecular weight excluding hydrogens is 356 g/mol. The first-order chi connectivity index (χ1) is 14.0. The molecular formula is C26H24N2O. The van der Waals surface area contributed by atoms with Gasteiger partial charge in [0, 0.05) is 18.2 Å². The van der Waals surface area contributed by atoms with Gasteiger partial charge in [0.2, 0.25) is 0 Å². The average molecular weight is 380 g/mol. The Morgan fingerprint density at radius 3 is 2.17 bits per heavy atom. The van der Waals surface area contributed by atoms with E-state index in [1.165, 1.54) is 5.56 Å². The average Bonchev–Trinajstić information content (AvgIpc) is 3.18. The SMILES string of the molecule is CC1(C)c2nc(Cc3ccccc3)cn2-c2ccccc2C1(O)c1ccccc1. The minimum atomic E-state index is -1.17. The highest BCUT2D eigenvalue weighted by Crippen LogP contribution is 2.51. The van der Waals surface area contributed by atoms with Crippen LogP contribution < -0.4 is 0 Å². The molecule has 0 fully saturated rings. The summed E-state index contributed by atoms with van der Waals surface area (Å²) in [5.74, 6) is 0.883. The summed E-state index contributed by atoms with van der Waals surface area (Å²) in [5, 5.41) is 12.2. The molecule has 144 valence electrons. The second-order valence-corrected chi connectivity index (χ2v) is 8.31. The third kappa shape index (κ3) is 2.58. The Kier molecular flexibility index (Phi) is 3.97. The quantitative estimate of drug-likeness (QED) is 0.544. The van der Waals surface area contributed by atoms with E-state index in [1.54, 1.807) is 0 Å². The number of hydrogen-bond acceptors (Lipinski definition) is 2. The number of para-hydroxylation sites is 1. The zero-order valence-corrected chi connectivity index (χ0v) is 16.7. The Morgan fingerprint density at radius 1 is 0.828 bits per heavy atom. The zero-order valence-electron chi connectivity index (χ0n) is 16.7. The number of fused-ring (bicyclic) bond motifs is 3. The van der Waals surface area contributed by atoms with Crippen molar-refractivity contribution < 1.29 is 5.11 Å². The molecule has 0 amide bonds. The van der Waals surface area contributed by atoms with Crippen molar-refractivity contribution in [1.29, 1.82) is 0 Å². The Labute approximate surface area is 171 Å². The highest BCUT2D eigenvalue weighted by atomic mass is 16.3. The lowest BCUT2D eigenvalue weighted by atomic mass is 9.64. The lowest BCUT2D eigenvalue weighted by Crippen LogP contribution is -2.50. The number of rotatable bonds is 3. The van der Waals surface area contributed by atoms with Gasteiger partial charge in [-0.1, -0.05) is 78.9 Å². The summed E-state index contributed by atoms with van der Waals surface area (Å²) in [6.07, 6.45) is 2.89. The minimum absolute atomic E-state index is 0.613. The van der Waals surface area contributed by atoms with Crippen molar-refractivity contribution in [3.63, 3.8) is 0 Å². The van der Waals surface area contributed by atoms with Crippen molar-refractivity contribution in [1.82, 2.24) is 9.55 Å². The Bertz CT molecular complexity index is 1160. The smallest absolute Gasteiger partial charge is 0.129 e. The van der Waals surface area contributed by atoms with Gasteiger partial charge in [-0.05, 0) is 31.0 Å². The Morgan fingerprint density at radius 2 is 1.45 bits per heavy atom. The molecule has 4 aromatic rings. The van der Waals surface area contributed by atoms with Crippen LogP contribution in [-0.4, -0.2) is 14.7 Å². The van der Waals surface area contributed by atoms with Gasteiger partial charge in [-0.25, -0.2) is 4.98 Å². The predicted octanol–water partition coefficient (Wildman–Crippen LogP) is 4.99. The lowest BCUT2D eigenvalue weighted by Gasteiger charge is -2.47. The highest BCUT2D eigenvalue weighted by Gasteiger charge is 2.54. The van der Waals surface area contributed by atoms with Crippen molar-refractivity contribution in [3.8, 4) is 5.69 Å². The maximum absolute atomic E-state index is 12.2. The number of hydrogen-bond donors (Lipinski definition) is 1. The van der Waals surface area contributed by atoms with Crippen LogP contribution in [0.4, 0.5) is 0 Å². The van der Waals surface area contributed by atoms with Crippen LogP contribution in [0.2, 0.25) is 0 Å². The molecule has 1 N–H and O–H groups in total. The first-order valence-corrected chi connectivity index (χ1v) is 10.0. The monoisotopic (exact) mass is 380 g/mol. The van der Waals surface area contributed by atoms with Gasteiger partial charge in [0.05, 0.1) is 16.8 Å². The minimum Gasteiger partial charge on any atom is -0.379 e. The van der Waals surface area contributed by atoms with Crippen LogP contribution in [0.3, 0.4) is 0 Å². The molecule has 2 heterocycles. The van der Waals surface area contributed by atoms with Crippen molar-refractivity contribution in [2.75, 3.05) is 0 Å². The number of aromatic nitrogens is 2. The van der Waals surface area contributed by atoms with E-state index in [2.05, 4.69) is 54.9 Å². The standard InChI is InChI=1S/C26H24N2O/c1-25(2)24-27-21(17-19-11-5-3-6-12-19)18-28(24)23-16-10-9-15-22(23)26(25,29)20-13-7-4-8-14-20/h3-16,18,29H,17H2,1-2H3. The fraction of sp³-hybridized carbons (Fsp3) is 0.192. The van der Waals surface area contributed by atoms with E-state index in [0.717, 1.165) is 34.8 Å². The predicted molar refractivity (Wildman–Crippen MR) is 115 cm³/mol. The van der Waals surface area contributed by atoms with Gasteiger partial charge in [0.1, 0.15) is 11.4 Å². The molecule has 0 radical (unpaired) electrons. The van der Waals surface area contributed by atoms with E-state index < -0.39 is 11.0 Å². The molecule has 0 aliphatic carbocycles. The molecule has 5 rings (SSSR count). The molecule has 3 nitrogen and oxygen atoms in total. The molecule has 0 saturated carbocycles. The summed E-state index contributed by atoms with van der Waals surface area (Å²) in [4.78, 5) is 5.02. The second kappa shape index (κ2) is 6.43. The van der Waals surface area contributed by atoms with Gasteiger partial charge in [-0.2, -0.15) is 0 Å². The summed E-state index contributed by atoms with van der Waals surface area (Å²) >= 11 is 0. The fourth-order valence-corrected chi connectivity index (χ4v) is 4.63. The Hall–Kier alpha value is -3.17. The molecule has 3 heteroatoms. The van der Waals surface area contributed by atoms with Crippen molar-refractivity contribution in [2.45, 2.75) is 31.3 Å². The van der Waals surface area contributed by atoms with Gasteiger partial charge in [0.25, 0.3) is 0 Å². The number of benzene rings is 3. The molecule has 0 bridgehead atoms. The van der Waals surface area contributed by atoms with Crippen LogP contribution in [0.25, 0.3) is 5.69 Å². The van der Waals surface area contributed by atoms with Crippen LogP contribution in [0.1, 0.15) is 42.1 Å². The van der Waals surface area contributed by atoms with Crippen LogP contribution in [0.15, 0.2) is 91.1 Å². The zero-order chi connectivity index (χ0) is 20.1. The molecule has 1 unspecified atom stereocenters. The van der Waals surface area contributed by atoms with Crippen molar-refractivity contribution in [3.05, 3.63) is 119 Å². The highest BCUT2D eigenvalue weighted by molar-refractivity contribution is 5.57. The molecule has 1 aliphatic heterocycles. The molecule has 1 atom stereocenters. The molecule has 1 aromatic heterocycles. The number of imidazole rings is 1. The van der Waals surface area contributed by atoms with Gasteiger partial charge < -0.3 is 9.67 Å². The topological polar surface area (TPSA) is 38.0 Å². The first-order valence-electron chi connectivity index (χ1n) is 10.0. The Balaban J connectivity index is 1.72. The maximum atomic E-state index is 12.2. The molecule has 0 spiro atoms. The largest absolute Gasteiger partial charge is 0.379 e. The first kappa shape index (κ1) is 17.9. The van der Waals surface area contributed by atoms with Crippen LogP contribution in [-0.2, 0) is 17.4 Å². The van der Waals surface area contributed by atoms with Gasteiger partial charge in [-0.15, -0.1) is 0 Å². The van der Waals surface area contributed by atoms with E-state index in [9.17, 15) is 5.11 Å². The number of nitrogens with zero attached hydrogens (tertiary/aromatic N) is 2. The third-order valence-electron chi connectivity index (χ3n) is 6.19. The van der Waals surface area contributed by atoms with E-state index in [1.807, 2.05) is 54.6 Å². The molecule has 0 saturated heterocycles. The molecule has 3 aromatic carbocycles. The summed E-state index contributed by atoms with van der Waals surface area (Å²) in [5.41, 5.74) is 3.23. The van der Waals surface area contributed by atoms with Gasteiger partial charge in [0.15, 0.2) is 0 Å².